The maximum Gasteiger partial charge on any atom is 0.332 e. The van der Waals surface area contributed by atoms with Crippen LogP contribution in [0, 0.1) is 5.92 Å². The van der Waals surface area contributed by atoms with Gasteiger partial charge < -0.3 is 19.9 Å². The van der Waals surface area contributed by atoms with E-state index in [0.29, 0.717) is 25.4 Å². The zero-order valence-corrected chi connectivity index (χ0v) is 13.4. The highest BCUT2D eigenvalue weighted by Crippen LogP contribution is 2.26. The molecule has 0 bridgehead atoms. The molecular formula is C16H27NO5. The van der Waals surface area contributed by atoms with Crippen LogP contribution >= 0.6 is 0 Å². The van der Waals surface area contributed by atoms with Crippen LogP contribution in [0.15, 0.2) is 0 Å². The largest absolute Gasteiger partial charge is 0.479 e. The van der Waals surface area contributed by atoms with E-state index in [2.05, 4.69) is 19.2 Å². The Morgan fingerprint density at radius 1 is 1.18 bits per heavy atom. The molecular weight excluding hydrogens is 286 g/mol. The van der Waals surface area contributed by atoms with Gasteiger partial charge in [-0.05, 0) is 31.6 Å². The second-order valence-electron chi connectivity index (χ2n) is 6.24. The molecule has 6 heteroatoms. The lowest BCUT2D eigenvalue weighted by Crippen LogP contribution is -2.47. The Kier molecular flexibility index (Phi) is 6.20. The van der Waals surface area contributed by atoms with Crippen LogP contribution in [-0.4, -0.2) is 47.9 Å². The van der Waals surface area contributed by atoms with E-state index in [1.807, 2.05) is 0 Å². The standard InChI is InChI=1S/C16H27NO5/c1-3-10(4-2)14-9-11(7-8-21-14)17-15(18)12-5-6-13(22-12)16(19)20/h10-14H,3-9H2,1-2H3,(H,17,18)(H,19,20)/t11?,12-,13+,14?/m0/s1. The second kappa shape index (κ2) is 7.92. The van der Waals surface area contributed by atoms with Crippen molar-refractivity contribution in [1.82, 2.24) is 5.32 Å². The molecule has 2 unspecified atom stereocenters. The molecule has 0 saturated carbocycles. The van der Waals surface area contributed by atoms with Crippen molar-refractivity contribution in [3.05, 3.63) is 0 Å². The van der Waals surface area contributed by atoms with Crippen molar-refractivity contribution >= 4 is 11.9 Å². The van der Waals surface area contributed by atoms with Crippen molar-refractivity contribution in [1.29, 1.82) is 0 Å². The molecule has 2 N–H and O–H groups in total. The van der Waals surface area contributed by atoms with Crippen molar-refractivity contribution < 1.29 is 24.2 Å². The van der Waals surface area contributed by atoms with Gasteiger partial charge in [0.1, 0.15) is 6.10 Å². The summed E-state index contributed by atoms with van der Waals surface area (Å²) < 4.78 is 11.1. The number of rotatable bonds is 6. The van der Waals surface area contributed by atoms with E-state index < -0.39 is 18.2 Å². The summed E-state index contributed by atoms with van der Waals surface area (Å²) >= 11 is 0. The number of hydrogen-bond donors (Lipinski definition) is 2. The molecule has 6 nitrogen and oxygen atoms in total. The summed E-state index contributed by atoms with van der Waals surface area (Å²) in [5.74, 6) is -0.645. The first kappa shape index (κ1) is 17.2. The molecule has 2 fully saturated rings. The number of carbonyl (C=O) groups excluding carboxylic acids is 1. The molecule has 22 heavy (non-hydrogen) atoms. The Hall–Kier alpha value is -1.14. The van der Waals surface area contributed by atoms with Gasteiger partial charge in [-0.15, -0.1) is 0 Å². The number of carboxylic acids is 1. The van der Waals surface area contributed by atoms with Crippen molar-refractivity contribution in [2.45, 2.75) is 76.7 Å². The summed E-state index contributed by atoms with van der Waals surface area (Å²) in [5, 5.41) is 11.9. The monoisotopic (exact) mass is 313 g/mol. The molecule has 2 saturated heterocycles. The van der Waals surface area contributed by atoms with Crippen LogP contribution in [0.3, 0.4) is 0 Å². The molecule has 0 aromatic heterocycles. The Balaban J connectivity index is 1.82. The molecule has 4 atom stereocenters. The lowest BCUT2D eigenvalue weighted by molar-refractivity contribution is -0.152. The van der Waals surface area contributed by atoms with Gasteiger partial charge in [0.05, 0.1) is 6.10 Å². The minimum Gasteiger partial charge on any atom is -0.479 e. The summed E-state index contributed by atoms with van der Waals surface area (Å²) in [4.78, 5) is 23.1. The van der Waals surface area contributed by atoms with Crippen LogP contribution < -0.4 is 5.32 Å². The summed E-state index contributed by atoms with van der Waals surface area (Å²) in [7, 11) is 0. The highest BCUT2D eigenvalue weighted by atomic mass is 16.5. The molecule has 0 aromatic rings. The highest BCUT2D eigenvalue weighted by Gasteiger charge is 2.36. The first-order valence-corrected chi connectivity index (χ1v) is 8.35. The van der Waals surface area contributed by atoms with Crippen LogP contribution in [0.5, 0.6) is 0 Å². The molecule has 2 heterocycles. The van der Waals surface area contributed by atoms with Crippen molar-refractivity contribution in [3.63, 3.8) is 0 Å². The molecule has 2 aliphatic rings. The fourth-order valence-corrected chi connectivity index (χ4v) is 3.41. The number of amides is 1. The maximum absolute atomic E-state index is 12.2. The van der Waals surface area contributed by atoms with Crippen molar-refractivity contribution in [3.8, 4) is 0 Å². The van der Waals surface area contributed by atoms with E-state index in [-0.39, 0.29) is 18.1 Å². The number of carboxylic acid groups (broad SMARTS) is 1. The SMILES string of the molecule is CCC(CC)C1CC(NC(=O)[C@@H]2CC[C@H](C(=O)O)O2)CCO1. The predicted molar refractivity (Wildman–Crippen MR) is 80.5 cm³/mol. The summed E-state index contributed by atoms with van der Waals surface area (Å²) in [6.45, 7) is 4.99. The van der Waals surface area contributed by atoms with Crippen LogP contribution in [0.25, 0.3) is 0 Å². The topological polar surface area (TPSA) is 84.9 Å². The first-order valence-electron chi connectivity index (χ1n) is 8.35. The molecule has 126 valence electrons. The normalized spacial score (nSPS) is 32.1. The van der Waals surface area contributed by atoms with Gasteiger partial charge in [-0.25, -0.2) is 4.79 Å². The highest BCUT2D eigenvalue weighted by molar-refractivity contribution is 5.82. The van der Waals surface area contributed by atoms with E-state index in [1.54, 1.807) is 0 Å². The van der Waals surface area contributed by atoms with E-state index in [0.717, 1.165) is 25.7 Å². The van der Waals surface area contributed by atoms with Gasteiger partial charge in [0.15, 0.2) is 6.10 Å². The van der Waals surface area contributed by atoms with Crippen LogP contribution in [-0.2, 0) is 19.1 Å². The van der Waals surface area contributed by atoms with E-state index in [4.69, 9.17) is 14.6 Å². The number of carbonyl (C=O) groups is 2. The lowest BCUT2D eigenvalue weighted by Gasteiger charge is -2.34. The van der Waals surface area contributed by atoms with Gasteiger partial charge in [-0.1, -0.05) is 26.7 Å². The number of nitrogens with one attached hydrogen (secondary N) is 1. The molecule has 1 amide bonds. The summed E-state index contributed by atoms with van der Waals surface area (Å²) in [6, 6.07) is 0.0966. The smallest absolute Gasteiger partial charge is 0.332 e. The van der Waals surface area contributed by atoms with Gasteiger partial charge >= 0.3 is 5.97 Å². The van der Waals surface area contributed by atoms with Gasteiger partial charge in [0.2, 0.25) is 5.91 Å². The fourth-order valence-electron chi connectivity index (χ4n) is 3.41. The minimum absolute atomic E-state index is 0.0966. The molecule has 0 aromatic carbocycles. The maximum atomic E-state index is 12.2. The van der Waals surface area contributed by atoms with Gasteiger partial charge in [0.25, 0.3) is 0 Å². The third-order valence-electron chi connectivity index (χ3n) is 4.82. The quantitative estimate of drug-likeness (QED) is 0.780. The Morgan fingerprint density at radius 2 is 1.86 bits per heavy atom. The van der Waals surface area contributed by atoms with Gasteiger partial charge in [-0.3, -0.25) is 4.79 Å². The zero-order valence-electron chi connectivity index (χ0n) is 13.4. The molecule has 0 radical (unpaired) electrons. The summed E-state index contributed by atoms with van der Waals surface area (Å²) in [5.41, 5.74) is 0. The second-order valence-corrected chi connectivity index (χ2v) is 6.24. The van der Waals surface area contributed by atoms with E-state index in [1.165, 1.54) is 0 Å². The van der Waals surface area contributed by atoms with Gasteiger partial charge in [-0.2, -0.15) is 0 Å². The number of hydrogen-bond acceptors (Lipinski definition) is 4. The van der Waals surface area contributed by atoms with Gasteiger partial charge in [0, 0.05) is 12.6 Å². The predicted octanol–water partition coefficient (Wildman–Crippen LogP) is 1.72. The average molecular weight is 313 g/mol. The van der Waals surface area contributed by atoms with E-state index in [9.17, 15) is 9.59 Å². The van der Waals surface area contributed by atoms with Crippen molar-refractivity contribution in [2.24, 2.45) is 5.92 Å². The summed E-state index contributed by atoms with van der Waals surface area (Å²) in [6.07, 6.45) is 3.38. The molecule has 2 rings (SSSR count). The van der Waals surface area contributed by atoms with Crippen LogP contribution in [0.1, 0.15) is 52.4 Å². The van der Waals surface area contributed by atoms with E-state index >= 15 is 0 Å². The molecule has 0 aliphatic carbocycles. The first-order chi connectivity index (χ1) is 10.5. The average Bonchev–Trinajstić information content (AvgIpc) is 2.99. The minimum atomic E-state index is -0.991. The van der Waals surface area contributed by atoms with Crippen molar-refractivity contribution in [2.75, 3.05) is 6.61 Å². The number of ether oxygens (including phenoxy) is 2. The third-order valence-corrected chi connectivity index (χ3v) is 4.82. The zero-order chi connectivity index (χ0) is 16.1. The third kappa shape index (κ3) is 4.20. The Morgan fingerprint density at radius 3 is 2.45 bits per heavy atom. The Bertz CT molecular complexity index is 396. The molecule has 0 spiro atoms. The Labute approximate surface area is 131 Å². The number of aliphatic carboxylic acids is 1. The lowest BCUT2D eigenvalue weighted by atomic mass is 9.89. The fraction of sp³-hybridized carbons (Fsp3) is 0.875. The van der Waals surface area contributed by atoms with Crippen LogP contribution in [0.4, 0.5) is 0 Å². The van der Waals surface area contributed by atoms with Crippen LogP contribution in [0.2, 0.25) is 0 Å². The molecule has 2 aliphatic heterocycles.